The van der Waals surface area contributed by atoms with Gasteiger partial charge in [0.25, 0.3) is 0 Å². The minimum Gasteiger partial charge on any atom is -0.444 e. The molecular formula is C19H28N2O3. The predicted molar refractivity (Wildman–Crippen MR) is 94.4 cm³/mol. The Kier molecular flexibility index (Phi) is 6.37. The van der Waals surface area contributed by atoms with Crippen LogP contribution in [0.2, 0.25) is 0 Å². The van der Waals surface area contributed by atoms with Gasteiger partial charge in [-0.1, -0.05) is 12.2 Å². The van der Waals surface area contributed by atoms with E-state index in [1.165, 1.54) is 0 Å². The third-order valence-electron chi connectivity index (χ3n) is 4.06. The molecule has 2 heterocycles. The summed E-state index contributed by atoms with van der Waals surface area (Å²) in [6.07, 6.45) is 9.05. The number of rotatable bonds is 4. The van der Waals surface area contributed by atoms with Crippen LogP contribution in [-0.2, 0) is 4.74 Å². The minimum atomic E-state index is -0.462. The van der Waals surface area contributed by atoms with Crippen molar-refractivity contribution < 1.29 is 14.6 Å². The quantitative estimate of drug-likeness (QED) is 0.917. The van der Waals surface area contributed by atoms with Gasteiger partial charge in [-0.25, -0.2) is 4.79 Å². The van der Waals surface area contributed by atoms with Crippen LogP contribution in [0.25, 0.3) is 6.08 Å². The number of hydrogen-bond acceptors (Lipinski definition) is 4. The number of pyridine rings is 1. The monoisotopic (exact) mass is 332 g/mol. The van der Waals surface area contributed by atoms with E-state index in [2.05, 4.69) is 4.98 Å². The molecule has 1 aromatic rings. The fourth-order valence-corrected chi connectivity index (χ4v) is 2.79. The summed E-state index contributed by atoms with van der Waals surface area (Å²) in [7, 11) is 0. The number of ether oxygens (including phenoxy) is 1. The molecule has 1 amide bonds. The molecule has 0 bridgehead atoms. The highest BCUT2D eigenvalue weighted by Gasteiger charge is 2.27. The highest BCUT2D eigenvalue weighted by atomic mass is 16.6. The molecule has 1 aromatic heterocycles. The van der Waals surface area contributed by atoms with E-state index in [0.717, 1.165) is 24.8 Å². The molecule has 5 nitrogen and oxygen atoms in total. The maximum absolute atomic E-state index is 12.0. The normalized spacial score (nSPS) is 17.9. The molecule has 2 rings (SSSR count). The van der Waals surface area contributed by atoms with Crippen LogP contribution in [0.15, 0.2) is 30.6 Å². The number of piperidine rings is 1. The first-order valence-electron chi connectivity index (χ1n) is 8.58. The third-order valence-corrected chi connectivity index (χ3v) is 4.06. The molecule has 1 atom stereocenters. The Labute approximate surface area is 144 Å². The van der Waals surface area contributed by atoms with Crippen molar-refractivity contribution in [3.8, 4) is 0 Å². The summed E-state index contributed by atoms with van der Waals surface area (Å²) in [5.41, 5.74) is 0.575. The molecule has 0 aromatic carbocycles. The van der Waals surface area contributed by atoms with Crippen molar-refractivity contribution in [2.75, 3.05) is 13.1 Å². The molecule has 1 unspecified atom stereocenters. The fraction of sp³-hybridized carbons (Fsp3) is 0.579. The maximum atomic E-state index is 12.0. The highest BCUT2D eigenvalue weighted by Crippen LogP contribution is 2.24. The Balaban J connectivity index is 1.74. The highest BCUT2D eigenvalue weighted by molar-refractivity contribution is 5.68. The largest absolute Gasteiger partial charge is 0.444 e. The van der Waals surface area contributed by atoms with Crippen LogP contribution < -0.4 is 0 Å². The van der Waals surface area contributed by atoms with Crippen LogP contribution >= 0.6 is 0 Å². The number of carbonyl (C=O) groups is 1. The van der Waals surface area contributed by atoms with E-state index in [4.69, 9.17) is 4.74 Å². The molecule has 1 aliphatic heterocycles. The molecule has 1 fully saturated rings. The number of nitrogens with zero attached hydrogens (tertiary/aromatic N) is 2. The summed E-state index contributed by atoms with van der Waals surface area (Å²) in [5.74, 6) is 0.431. The van der Waals surface area contributed by atoms with Gasteiger partial charge >= 0.3 is 6.09 Å². The van der Waals surface area contributed by atoms with Crippen molar-refractivity contribution in [2.24, 2.45) is 5.92 Å². The smallest absolute Gasteiger partial charge is 0.410 e. The van der Waals surface area contributed by atoms with Gasteiger partial charge in [-0.15, -0.1) is 0 Å². The first-order valence-corrected chi connectivity index (χ1v) is 8.58. The van der Waals surface area contributed by atoms with Gasteiger partial charge in [0, 0.05) is 25.5 Å². The SMILES string of the molecule is CC(C)(C)OC(=O)N1CCC(CC(O)/C=C/c2ccncc2)CC1. The molecule has 0 aliphatic carbocycles. The van der Waals surface area contributed by atoms with E-state index in [1.54, 1.807) is 17.3 Å². The molecule has 0 spiro atoms. The summed E-state index contributed by atoms with van der Waals surface area (Å²) in [4.78, 5) is 17.8. The zero-order valence-corrected chi connectivity index (χ0v) is 14.8. The van der Waals surface area contributed by atoms with Crippen LogP contribution in [0.3, 0.4) is 0 Å². The second-order valence-corrected chi connectivity index (χ2v) is 7.35. The molecule has 24 heavy (non-hydrogen) atoms. The van der Waals surface area contributed by atoms with E-state index in [-0.39, 0.29) is 6.09 Å². The molecule has 132 valence electrons. The zero-order chi connectivity index (χ0) is 17.6. The summed E-state index contributed by atoms with van der Waals surface area (Å²) >= 11 is 0. The summed E-state index contributed by atoms with van der Waals surface area (Å²) in [6.45, 7) is 7.02. The van der Waals surface area contributed by atoms with Gasteiger partial charge in [-0.05, 0) is 63.6 Å². The Morgan fingerprint density at radius 1 is 1.38 bits per heavy atom. The zero-order valence-electron chi connectivity index (χ0n) is 14.8. The van der Waals surface area contributed by atoms with Gasteiger partial charge < -0.3 is 14.7 Å². The molecule has 1 N–H and O–H groups in total. The van der Waals surface area contributed by atoms with E-state index >= 15 is 0 Å². The molecule has 0 saturated carbocycles. The molecular weight excluding hydrogens is 304 g/mol. The van der Waals surface area contributed by atoms with E-state index in [9.17, 15) is 9.90 Å². The lowest BCUT2D eigenvalue weighted by atomic mass is 9.91. The number of aliphatic hydroxyl groups excluding tert-OH is 1. The molecule has 5 heteroatoms. The second kappa shape index (κ2) is 8.29. The van der Waals surface area contributed by atoms with Gasteiger partial charge in [-0.2, -0.15) is 0 Å². The van der Waals surface area contributed by atoms with Crippen molar-refractivity contribution >= 4 is 12.2 Å². The van der Waals surface area contributed by atoms with Gasteiger partial charge in [-0.3, -0.25) is 4.98 Å². The second-order valence-electron chi connectivity index (χ2n) is 7.35. The minimum absolute atomic E-state index is 0.237. The average molecular weight is 332 g/mol. The van der Waals surface area contributed by atoms with E-state index in [0.29, 0.717) is 19.0 Å². The molecule has 1 aliphatic rings. The standard InChI is InChI=1S/C19H28N2O3/c1-19(2,3)24-18(23)21-12-8-16(9-13-21)14-17(22)5-4-15-6-10-20-11-7-15/h4-7,10-11,16-17,22H,8-9,12-14H2,1-3H3/b5-4+. The van der Waals surface area contributed by atoms with Crippen LogP contribution in [0.1, 0.15) is 45.6 Å². The van der Waals surface area contributed by atoms with Crippen LogP contribution in [0, 0.1) is 5.92 Å². The van der Waals surface area contributed by atoms with Crippen molar-refractivity contribution in [1.29, 1.82) is 0 Å². The Hall–Kier alpha value is -1.88. The topological polar surface area (TPSA) is 62.7 Å². The third kappa shape index (κ3) is 6.32. The average Bonchev–Trinajstić information content (AvgIpc) is 2.53. The van der Waals surface area contributed by atoms with E-state index < -0.39 is 11.7 Å². The van der Waals surface area contributed by atoms with Crippen LogP contribution in [0.5, 0.6) is 0 Å². The number of hydrogen-bond donors (Lipinski definition) is 1. The van der Waals surface area contributed by atoms with Crippen LogP contribution in [0.4, 0.5) is 4.79 Å². The van der Waals surface area contributed by atoms with Gasteiger partial charge in [0.05, 0.1) is 6.10 Å². The van der Waals surface area contributed by atoms with Gasteiger partial charge in [0.1, 0.15) is 5.60 Å². The number of likely N-dealkylation sites (tertiary alicyclic amines) is 1. The molecule has 1 saturated heterocycles. The van der Waals surface area contributed by atoms with E-state index in [1.807, 2.05) is 45.1 Å². The van der Waals surface area contributed by atoms with Crippen LogP contribution in [-0.4, -0.2) is 45.9 Å². The lowest BCUT2D eigenvalue weighted by Gasteiger charge is -2.33. The van der Waals surface area contributed by atoms with Crippen molar-refractivity contribution in [2.45, 2.75) is 51.7 Å². The Morgan fingerprint density at radius 3 is 2.58 bits per heavy atom. The fourth-order valence-electron chi connectivity index (χ4n) is 2.79. The van der Waals surface area contributed by atoms with Crippen molar-refractivity contribution in [3.05, 3.63) is 36.2 Å². The lowest BCUT2D eigenvalue weighted by Crippen LogP contribution is -2.42. The predicted octanol–water partition coefficient (Wildman–Crippen LogP) is 3.49. The summed E-state index contributed by atoms with van der Waals surface area (Å²) < 4.78 is 5.40. The van der Waals surface area contributed by atoms with Gasteiger partial charge in [0.2, 0.25) is 0 Å². The Morgan fingerprint density at radius 2 is 2.00 bits per heavy atom. The number of amides is 1. The van der Waals surface area contributed by atoms with Gasteiger partial charge in [0.15, 0.2) is 0 Å². The summed E-state index contributed by atoms with van der Waals surface area (Å²) in [6, 6.07) is 3.81. The number of aliphatic hydroxyl groups is 1. The Bertz CT molecular complexity index is 543. The van der Waals surface area contributed by atoms with Crippen molar-refractivity contribution in [3.63, 3.8) is 0 Å². The number of carbonyl (C=O) groups excluding carboxylic acids is 1. The lowest BCUT2D eigenvalue weighted by molar-refractivity contribution is 0.0169. The molecule has 0 radical (unpaired) electrons. The first-order chi connectivity index (χ1) is 11.3. The summed E-state index contributed by atoms with van der Waals surface area (Å²) in [5, 5.41) is 10.2. The maximum Gasteiger partial charge on any atom is 0.410 e. The van der Waals surface area contributed by atoms with Crippen molar-refractivity contribution in [1.82, 2.24) is 9.88 Å². The number of aromatic nitrogens is 1. The first kappa shape index (κ1) is 18.5.